The van der Waals surface area contributed by atoms with Crippen molar-refractivity contribution in [2.75, 3.05) is 18.4 Å². The highest BCUT2D eigenvalue weighted by molar-refractivity contribution is 7.89. The molecule has 1 aromatic carbocycles. The van der Waals surface area contributed by atoms with Gasteiger partial charge in [-0.1, -0.05) is 6.42 Å². The molecule has 0 atom stereocenters. The quantitative estimate of drug-likeness (QED) is 0.888. The normalized spacial score (nSPS) is 15.8. The summed E-state index contributed by atoms with van der Waals surface area (Å²) in [4.78, 5) is 12.7. The van der Waals surface area contributed by atoms with Gasteiger partial charge in [0, 0.05) is 32.0 Å². The van der Waals surface area contributed by atoms with E-state index in [0.717, 1.165) is 19.3 Å². The van der Waals surface area contributed by atoms with Gasteiger partial charge in [0.15, 0.2) is 0 Å². The molecule has 1 aliphatic rings. The van der Waals surface area contributed by atoms with E-state index in [2.05, 4.69) is 5.32 Å². The second-order valence-electron chi connectivity index (χ2n) is 6.55. The Morgan fingerprint density at radius 2 is 1.85 bits per heavy atom. The summed E-state index contributed by atoms with van der Waals surface area (Å²) in [6.07, 6.45) is 4.19. The summed E-state index contributed by atoms with van der Waals surface area (Å²) in [6, 6.07) is 5.46. The third kappa shape index (κ3) is 3.66. The Labute approximate surface area is 152 Å². The number of halogens is 1. The van der Waals surface area contributed by atoms with Crippen LogP contribution >= 0.6 is 0 Å². The average Bonchev–Trinajstić information content (AvgIpc) is 3.01. The summed E-state index contributed by atoms with van der Waals surface area (Å²) in [5.74, 6) is -0.823. The molecule has 6 nitrogen and oxygen atoms in total. The van der Waals surface area contributed by atoms with Crippen LogP contribution in [0.2, 0.25) is 0 Å². The molecule has 3 rings (SSSR count). The van der Waals surface area contributed by atoms with Gasteiger partial charge in [-0.15, -0.1) is 0 Å². The van der Waals surface area contributed by atoms with Crippen molar-refractivity contribution in [3.8, 4) is 0 Å². The van der Waals surface area contributed by atoms with E-state index in [1.165, 1.54) is 39.3 Å². The first-order valence-corrected chi connectivity index (χ1v) is 9.97. The predicted molar refractivity (Wildman–Crippen MR) is 97.1 cm³/mol. The van der Waals surface area contributed by atoms with Crippen LogP contribution in [0.1, 0.15) is 35.3 Å². The van der Waals surface area contributed by atoms with Crippen LogP contribution in [-0.4, -0.2) is 36.3 Å². The lowest BCUT2D eigenvalue weighted by Gasteiger charge is -2.25. The molecule has 26 heavy (non-hydrogen) atoms. The van der Waals surface area contributed by atoms with Gasteiger partial charge < -0.3 is 9.88 Å². The van der Waals surface area contributed by atoms with Gasteiger partial charge in [0.1, 0.15) is 16.4 Å². The minimum absolute atomic E-state index is 0.114. The Balaban J connectivity index is 1.84. The lowest BCUT2D eigenvalue weighted by atomic mass is 10.2. The summed E-state index contributed by atoms with van der Waals surface area (Å²) in [6.45, 7) is 2.71. The highest BCUT2D eigenvalue weighted by Crippen LogP contribution is 2.23. The molecule has 1 amide bonds. The number of hydrogen-bond donors (Lipinski definition) is 1. The highest BCUT2D eigenvalue weighted by atomic mass is 32.2. The molecule has 0 saturated carbocycles. The number of amides is 1. The summed E-state index contributed by atoms with van der Waals surface area (Å²) >= 11 is 0. The fourth-order valence-electron chi connectivity index (χ4n) is 3.11. The minimum atomic E-state index is -3.60. The summed E-state index contributed by atoms with van der Waals surface area (Å²) < 4.78 is 41.7. The van der Waals surface area contributed by atoms with Crippen LogP contribution in [0.5, 0.6) is 0 Å². The van der Waals surface area contributed by atoms with Crippen LogP contribution in [0, 0.1) is 12.7 Å². The van der Waals surface area contributed by atoms with Gasteiger partial charge in [0.25, 0.3) is 5.91 Å². The van der Waals surface area contributed by atoms with Gasteiger partial charge in [-0.25, -0.2) is 12.8 Å². The van der Waals surface area contributed by atoms with E-state index in [0.29, 0.717) is 24.3 Å². The Hall–Kier alpha value is -2.19. The van der Waals surface area contributed by atoms with Crippen LogP contribution in [0.25, 0.3) is 0 Å². The van der Waals surface area contributed by atoms with Crippen molar-refractivity contribution in [2.45, 2.75) is 31.1 Å². The molecule has 1 aliphatic heterocycles. The second-order valence-corrected chi connectivity index (χ2v) is 8.49. The predicted octanol–water partition coefficient (Wildman–Crippen LogP) is 2.90. The SMILES string of the molecule is Cc1cc(F)ccc1NC(=O)c1cc(S(=O)(=O)N2CCCCC2)cn1C. The number of nitrogens with one attached hydrogen (secondary N) is 1. The molecule has 8 heteroatoms. The van der Waals surface area contributed by atoms with Crippen LogP contribution in [0.3, 0.4) is 0 Å². The van der Waals surface area contributed by atoms with E-state index in [4.69, 9.17) is 0 Å². The molecule has 1 aromatic heterocycles. The first-order chi connectivity index (χ1) is 12.3. The zero-order valence-electron chi connectivity index (χ0n) is 14.8. The topological polar surface area (TPSA) is 71.4 Å². The molecule has 0 radical (unpaired) electrons. The zero-order valence-corrected chi connectivity index (χ0v) is 15.6. The molecule has 2 aromatic rings. The van der Waals surface area contributed by atoms with Crippen molar-refractivity contribution >= 4 is 21.6 Å². The van der Waals surface area contributed by atoms with Crippen molar-refractivity contribution in [3.05, 3.63) is 47.5 Å². The molecule has 0 spiro atoms. The number of hydrogen-bond acceptors (Lipinski definition) is 3. The molecule has 2 heterocycles. The highest BCUT2D eigenvalue weighted by Gasteiger charge is 2.28. The maximum atomic E-state index is 13.2. The molecule has 1 fully saturated rings. The Kier molecular flexibility index (Phi) is 5.15. The van der Waals surface area contributed by atoms with Gasteiger partial charge in [0.2, 0.25) is 10.0 Å². The molecule has 0 unspecified atom stereocenters. The number of carbonyl (C=O) groups excluding carboxylic acids is 1. The van der Waals surface area contributed by atoms with Crippen molar-refractivity contribution in [1.29, 1.82) is 0 Å². The molecule has 0 aliphatic carbocycles. The Morgan fingerprint density at radius 1 is 1.15 bits per heavy atom. The summed E-state index contributed by atoms with van der Waals surface area (Å²) in [5, 5.41) is 2.70. The minimum Gasteiger partial charge on any atom is -0.345 e. The van der Waals surface area contributed by atoms with Crippen molar-refractivity contribution in [2.24, 2.45) is 7.05 Å². The van der Waals surface area contributed by atoms with E-state index in [-0.39, 0.29) is 16.4 Å². The summed E-state index contributed by atoms with van der Waals surface area (Å²) in [5.41, 5.74) is 1.30. The third-order valence-corrected chi connectivity index (χ3v) is 6.47. The number of aryl methyl sites for hydroxylation is 2. The fourth-order valence-corrected chi connectivity index (χ4v) is 4.70. The number of rotatable bonds is 4. The van der Waals surface area contributed by atoms with Crippen LogP contribution < -0.4 is 5.32 Å². The number of benzene rings is 1. The maximum Gasteiger partial charge on any atom is 0.272 e. The lowest BCUT2D eigenvalue weighted by Crippen LogP contribution is -2.35. The number of piperidine rings is 1. The van der Waals surface area contributed by atoms with E-state index in [1.807, 2.05) is 0 Å². The van der Waals surface area contributed by atoms with E-state index in [1.54, 1.807) is 14.0 Å². The van der Waals surface area contributed by atoms with Gasteiger partial charge >= 0.3 is 0 Å². The molecule has 1 saturated heterocycles. The van der Waals surface area contributed by atoms with E-state index < -0.39 is 15.9 Å². The largest absolute Gasteiger partial charge is 0.345 e. The first kappa shape index (κ1) is 18.6. The summed E-state index contributed by atoms with van der Waals surface area (Å²) in [7, 11) is -1.97. The Bertz CT molecular complexity index is 931. The van der Waals surface area contributed by atoms with Gasteiger partial charge in [0.05, 0.1) is 0 Å². The fraction of sp³-hybridized carbons (Fsp3) is 0.389. The average molecular weight is 379 g/mol. The number of nitrogens with zero attached hydrogens (tertiary/aromatic N) is 2. The number of carbonyl (C=O) groups is 1. The van der Waals surface area contributed by atoms with Gasteiger partial charge in [-0.2, -0.15) is 4.31 Å². The first-order valence-electron chi connectivity index (χ1n) is 8.53. The second kappa shape index (κ2) is 7.20. The molecular weight excluding hydrogens is 357 g/mol. The Morgan fingerprint density at radius 3 is 2.50 bits per heavy atom. The van der Waals surface area contributed by atoms with Crippen LogP contribution in [0.4, 0.5) is 10.1 Å². The maximum absolute atomic E-state index is 13.2. The van der Waals surface area contributed by atoms with E-state index in [9.17, 15) is 17.6 Å². The number of anilines is 1. The van der Waals surface area contributed by atoms with Gasteiger partial charge in [-0.05, 0) is 49.6 Å². The molecule has 0 bridgehead atoms. The smallest absolute Gasteiger partial charge is 0.272 e. The van der Waals surface area contributed by atoms with Crippen LogP contribution in [-0.2, 0) is 17.1 Å². The van der Waals surface area contributed by atoms with E-state index >= 15 is 0 Å². The van der Waals surface area contributed by atoms with Gasteiger partial charge in [-0.3, -0.25) is 4.79 Å². The molecule has 140 valence electrons. The molecule has 1 N–H and O–H groups in total. The van der Waals surface area contributed by atoms with Crippen LogP contribution in [0.15, 0.2) is 35.4 Å². The van der Waals surface area contributed by atoms with Crippen molar-refractivity contribution in [1.82, 2.24) is 8.87 Å². The lowest BCUT2D eigenvalue weighted by molar-refractivity contribution is 0.101. The zero-order chi connectivity index (χ0) is 18.9. The molecular formula is C18H22FN3O3S. The number of sulfonamides is 1. The standard InChI is InChI=1S/C18H22FN3O3S/c1-13-10-14(19)6-7-16(13)20-18(23)17-11-15(12-21(17)2)26(24,25)22-8-4-3-5-9-22/h6-7,10-12H,3-5,8-9H2,1-2H3,(H,20,23). The van der Waals surface area contributed by atoms with Crippen molar-refractivity contribution in [3.63, 3.8) is 0 Å². The number of aromatic nitrogens is 1. The monoisotopic (exact) mass is 379 g/mol. The third-order valence-electron chi connectivity index (χ3n) is 4.60. The van der Waals surface area contributed by atoms with Crippen molar-refractivity contribution < 1.29 is 17.6 Å².